The molecule has 0 bridgehead atoms. The zero-order valence-corrected chi connectivity index (χ0v) is 15.2. The molecule has 1 aliphatic rings. The van der Waals surface area contributed by atoms with Crippen molar-refractivity contribution >= 4 is 22.1 Å². The van der Waals surface area contributed by atoms with Gasteiger partial charge in [0.05, 0.1) is 0 Å². The summed E-state index contributed by atoms with van der Waals surface area (Å²) in [6.45, 7) is 8.88. The fourth-order valence-electron chi connectivity index (χ4n) is 3.88. The van der Waals surface area contributed by atoms with Gasteiger partial charge in [-0.25, -0.2) is 0 Å². The van der Waals surface area contributed by atoms with Gasteiger partial charge in [0.2, 0.25) is 0 Å². The predicted octanol–water partition coefficient (Wildman–Crippen LogP) is 6.77. The number of fused-ring (bicyclic) bond motifs is 1. The first-order chi connectivity index (χ1) is 11.5. The standard InChI is InChI=1S/C23H27N/c1-5-6-11-21(24)23-19-10-8-7-9-18(19)12-13-20(23)22-16(3)14-15(2)17(22)4/h7-10,12-14,16,24H,5-6,11H2,1-4H3. The van der Waals surface area contributed by atoms with Gasteiger partial charge in [-0.3, -0.25) is 0 Å². The molecule has 0 saturated heterocycles. The van der Waals surface area contributed by atoms with Crippen LogP contribution >= 0.6 is 0 Å². The maximum Gasteiger partial charge on any atom is 0.0398 e. The van der Waals surface area contributed by atoms with Crippen LogP contribution in [0.2, 0.25) is 0 Å². The average molecular weight is 317 g/mol. The lowest BCUT2D eigenvalue weighted by Crippen LogP contribution is -2.07. The van der Waals surface area contributed by atoms with Crippen LogP contribution in [0, 0.1) is 11.3 Å². The number of benzene rings is 2. The van der Waals surface area contributed by atoms with Crippen molar-refractivity contribution in [2.24, 2.45) is 5.92 Å². The van der Waals surface area contributed by atoms with E-state index in [9.17, 15) is 0 Å². The van der Waals surface area contributed by atoms with E-state index in [1.54, 1.807) is 0 Å². The highest BCUT2D eigenvalue weighted by atomic mass is 14.4. The zero-order valence-electron chi connectivity index (χ0n) is 15.2. The molecular weight excluding hydrogens is 290 g/mol. The van der Waals surface area contributed by atoms with Crippen molar-refractivity contribution in [1.82, 2.24) is 0 Å². The molecule has 1 heteroatoms. The summed E-state index contributed by atoms with van der Waals surface area (Å²) in [5, 5.41) is 11.2. The first-order valence-corrected chi connectivity index (χ1v) is 9.04. The predicted molar refractivity (Wildman–Crippen MR) is 106 cm³/mol. The van der Waals surface area contributed by atoms with Gasteiger partial charge in [0.25, 0.3) is 0 Å². The third-order valence-electron chi connectivity index (χ3n) is 5.25. The first-order valence-electron chi connectivity index (χ1n) is 9.04. The molecule has 2 aromatic rings. The molecule has 1 atom stereocenters. The van der Waals surface area contributed by atoms with Crippen molar-refractivity contribution in [3.8, 4) is 0 Å². The minimum absolute atomic E-state index is 0.420. The highest BCUT2D eigenvalue weighted by Gasteiger charge is 2.23. The topological polar surface area (TPSA) is 23.9 Å². The Morgan fingerprint density at radius 2 is 1.83 bits per heavy atom. The molecule has 0 spiro atoms. The van der Waals surface area contributed by atoms with E-state index in [0.717, 1.165) is 30.5 Å². The van der Waals surface area contributed by atoms with E-state index in [0.29, 0.717) is 5.92 Å². The number of hydrogen-bond acceptors (Lipinski definition) is 1. The summed E-state index contributed by atoms with van der Waals surface area (Å²) in [7, 11) is 0. The van der Waals surface area contributed by atoms with Crippen molar-refractivity contribution in [1.29, 1.82) is 5.41 Å². The quantitative estimate of drug-likeness (QED) is 0.588. The Hall–Kier alpha value is -2.15. The Bertz CT molecular complexity index is 851. The molecule has 0 radical (unpaired) electrons. The fraction of sp³-hybridized carbons (Fsp3) is 0.348. The number of allylic oxidation sites excluding steroid dienone is 4. The molecule has 1 unspecified atom stereocenters. The fourth-order valence-corrected chi connectivity index (χ4v) is 3.88. The van der Waals surface area contributed by atoms with Crippen LogP contribution in [0.4, 0.5) is 0 Å². The summed E-state index contributed by atoms with van der Waals surface area (Å²) < 4.78 is 0. The number of nitrogens with one attached hydrogen (secondary N) is 1. The second-order valence-electron chi connectivity index (χ2n) is 6.97. The summed E-state index contributed by atoms with van der Waals surface area (Å²) >= 11 is 0. The molecule has 0 aliphatic heterocycles. The molecular formula is C23H27N. The first kappa shape index (κ1) is 16.7. The summed E-state index contributed by atoms with van der Waals surface area (Å²) in [6, 6.07) is 12.9. The van der Waals surface area contributed by atoms with Crippen LogP contribution in [-0.4, -0.2) is 5.71 Å². The maximum atomic E-state index is 8.76. The number of rotatable bonds is 5. The Morgan fingerprint density at radius 3 is 2.50 bits per heavy atom. The zero-order chi connectivity index (χ0) is 17.3. The molecule has 24 heavy (non-hydrogen) atoms. The summed E-state index contributed by atoms with van der Waals surface area (Å²) in [4.78, 5) is 0. The van der Waals surface area contributed by atoms with Gasteiger partial charge in [-0.2, -0.15) is 0 Å². The van der Waals surface area contributed by atoms with Gasteiger partial charge >= 0.3 is 0 Å². The highest BCUT2D eigenvalue weighted by molar-refractivity contribution is 6.13. The monoisotopic (exact) mass is 317 g/mol. The van der Waals surface area contributed by atoms with Crippen LogP contribution in [0.15, 0.2) is 53.6 Å². The van der Waals surface area contributed by atoms with Gasteiger partial charge < -0.3 is 5.41 Å². The van der Waals surface area contributed by atoms with E-state index in [-0.39, 0.29) is 0 Å². The molecule has 1 N–H and O–H groups in total. The summed E-state index contributed by atoms with van der Waals surface area (Å²) in [5.74, 6) is 0.420. The van der Waals surface area contributed by atoms with Crippen molar-refractivity contribution in [2.75, 3.05) is 0 Å². The smallest absolute Gasteiger partial charge is 0.0398 e. The Labute approximate surface area is 145 Å². The minimum Gasteiger partial charge on any atom is -0.305 e. The molecule has 0 amide bonds. The van der Waals surface area contributed by atoms with E-state index in [4.69, 9.17) is 5.41 Å². The molecule has 0 heterocycles. The average Bonchev–Trinajstić information content (AvgIpc) is 2.84. The summed E-state index contributed by atoms with van der Waals surface area (Å²) in [5.41, 5.74) is 7.33. The van der Waals surface area contributed by atoms with Crippen molar-refractivity contribution in [3.05, 3.63) is 64.7 Å². The molecule has 1 aliphatic carbocycles. The van der Waals surface area contributed by atoms with E-state index in [1.165, 1.54) is 33.1 Å². The van der Waals surface area contributed by atoms with Crippen LogP contribution in [0.5, 0.6) is 0 Å². The van der Waals surface area contributed by atoms with Gasteiger partial charge in [-0.1, -0.05) is 68.3 Å². The number of hydrogen-bond donors (Lipinski definition) is 1. The van der Waals surface area contributed by atoms with Crippen molar-refractivity contribution in [3.63, 3.8) is 0 Å². The van der Waals surface area contributed by atoms with Crippen molar-refractivity contribution < 1.29 is 0 Å². The second kappa shape index (κ2) is 6.76. The third kappa shape index (κ3) is 2.84. The lowest BCUT2D eigenvalue weighted by atomic mass is 9.85. The van der Waals surface area contributed by atoms with Crippen LogP contribution in [0.3, 0.4) is 0 Å². The minimum atomic E-state index is 0.420. The summed E-state index contributed by atoms with van der Waals surface area (Å²) in [6.07, 6.45) is 5.40. The lowest BCUT2D eigenvalue weighted by Gasteiger charge is -2.19. The van der Waals surface area contributed by atoms with E-state index >= 15 is 0 Å². The molecule has 0 aromatic heterocycles. The Kier molecular flexibility index (Phi) is 4.71. The van der Waals surface area contributed by atoms with E-state index in [2.05, 4.69) is 70.2 Å². The third-order valence-corrected chi connectivity index (χ3v) is 5.25. The molecule has 3 rings (SSSR count). The normalized spacial score (nSPS) is 17.5. The van der Waals surface area contributed by atoms with E-state index in [1.807, 2.05) is 0 Å². The van der Waals surface area contributed by atoms with Gasteiger partial charge in [-0.05, 0) is 54.2 Å². The van der Waals surface area contributed by atoms with Crippen LogP contribution < -0.4 is 0 Å². The molecule has 0 saturated carbocycles. The molecule has 2 aromatic carbocycles. The maximum absolute atomic E-state index is 8.76. The SMILES string of the molecule is CCCCC(=N)c1c(C2=C(C)C(C)=CC2C)ccc2ccccc12. The highest BCUT2D eigenvalue weighted by Crippen LogP contribution is 2.40. The van der Waals surface area contributed by atoms with Crippen LogP contribution in [0.25, 0.3) is 16.3 Å². The lowest BCUT2D eigenvalue weighted by molar-refractivity contribution is 0.833. The molecule has 1 nitrogen and oxygen atoms in total. The van der Waals surface area contributed by atoms with Gasteiger partial charge in [0, 0.05) is 17.2 Å². The van der Waals surface area contributed by atoms with Gasteiger partial charge in [0.15, 0.2) is 0 Å². The van der Waals surface area contributed by atoms with Crippen LogP contribution in [-0.2, 0) is 0 Å². The van der Waals surface area contributed by atoms with Gasteiger partial charge in [0.1, 0.15) is 0 Å². The Morgan fingerprint density at radius 1 is 1.08 bits per heavy atom. The van der Waals surface area contributed by atoms with Crippen molar-refractivity contribution in [2.45, 2.75) is 47.0 Å². The Balaban J connectivity index is 2.23. The number of unbranched alkanes of at least 4 members (excludes halogenated alkanes) is 1. The largest absolute Gasteiger partial charge is 0.305 e. The van der Waals surface area contributed by atoms with Crippen LogP contribution in [0.1, 0.15) is 58.1 Å². The molecule has 0 fully saturated rings. The molecule has 124 valence electrons. The van der Waals surface area contributed by atoms with Gasteiger partial charge in [-0.15, -0.1) is 0 Å². The van der Waals surface area contributed by atoms with E-state index < -0.39 is 0 Å². The second-order valence-corrected chi connectivity index (χ2v) is 6.97.